The van der Waals surface area contributed by atoms with Crippen LogP contribution in [0.25, 0.3) is 16.6 Å². The molecule has 0 radical (unpaired) electrons. The average molecular weight is 430 g/mol. The first-order valence-corrected chi connectivity index (χ1v) is 10.5. The zero-order valence-electron chi connectivity index (χ0n) is 17.0. The first-order chi connectivity index (χ1) is 15.1. The van der Waals surface area contributed by atoms with E-state index in [9.17, 15) is 4.79 Å². The van der Waals surface area contributed by atoms with Crippen LogP contribution in [0.5, 0.6) is 11.5 Å². The fourth-order valence-electron chi connectivity index (χ4n) is 3.27. The lowest BCUT2D eigenvalue weighted by atomic mass is 10.2. The summed E-state index contributed by atoms with van der Waals surface area (Å²) in [5.74, 6) is 1.69. The van der Waals surface area contributed by atoms with Crippen LogP contribution in [0, 0.1) is 11.3 Å². The Morgan fingerprint density at radius 3 is 2.65 bits per heavy atom. The maximum Gasteiger partial charge on any atom is 0.266 e. The van der Waals surface area contributed by atoms with E-state index in [1.54, 1.807) is 49.1 Å². The molecule has 0 aliphatic heterocycles. The first-order valence-electron chi connectivity index (χ1n) is 9.50. The molecule has 0 N–H and O–H groups in total. The summed E-state index contributed by atoms with van der Waals surface area (Å²) in [5, 5.41) is 10.2. The van der Waals surface area contributed by atoms with E-state index in [1.807, 2.05) is 36.4 Å². The highest BCUT2D eigenvalue weighted by molar-refractivity contribution is 7.98. The van der Waals surface area contributed by atoms with Crippen molar-refractivity contribution in [3.8, 4) is 23.3 Å². The first kappa shape index (κ1) is 20.5. The SMILES string of the molecule is COc1ccc(-n2c(SCc3cccc(C#N)c3)nc3ccccc3c2=O)c(OC)c1. The summed E-state index contributed by atoms with van der Waals surface area (Å²) < 4.78 is 12.4. The predicted octanol–water partition coefficient (Wildman–Crippen LogP) is 4.57. The number of para-hydroxylation sites is 1. The van der Waals surface area contributed by atoms with Gasteiger partial charge in [-0.25, -0.2) is 4.98 Å². The maximum atomic E-state index is 13.5. The van der Waals surface area contributed by atoms with Gasteiger partial charge in [-0.1, -0.05) is 36.0 Å². The van der Waals surface area contributed by atoms with Crippen LogP contribution in [-0.2, 0) is 5.75 Å². The third-order valence-electron chi connectivity index (χ3n) is 4.80. The number of benzene rings is 3. The smallest absolute Gasteiger partial charge is 0.266 e. The van der Waals surface area contributed by atoms with Gasteiger partial charge in [-0.3, -0.25) is 9.36 Å². The van der Waals surface area contributed by atoms with Crippen LogP contribution in [0.2, 0.25) is 0 Å². The Morgan fingerprint density at radius 2 is 1.87 bits per heavy atom. The second kappa shape index (κ2) is 8.94. The van der Waals surface area contributed by atoms with Crippen LogP contribution >= 0.6 is 11.8 Å². The predicted molar refractivity (Wildman–Crippen MR) is 121 cm³/mol. The van der Waals surface area contributed by atoms with Crippen LogP contribution in [0.15, 0.2) is 76.7 Å². The van der Waals surface area contributed by atoms with Gasteiger partial charge >= 0.3 is 0 Å². The number of thioether (sulfide) groups is 1. The summed E-state index contributed by atoms with van der Waals surface area (Å²) >= 11 is 1.43. The van der Waals surface area contributed by atoms with Gasteiger partial charge in [-0.2, -0.15) is 5.26 Å². The Kier molecular flexibility index (Phi) is 5.92. The van der Waals surface area contributed by atoms with Gasteiger partial charge in [0.25, 0.3) is 5.56 Å². The Hall–Kier alpha value is -3.76. The third-order valence-corrected chi connectivity index (χ3v) is 5.81. The molecule has 0 aliphatic rings. The largest absolute Gasteiger partial charge is 0.497 e. The number of aromatic nitrogens is 2. The number of rotatable bonds is 6. The molecule has 0 saturated carbocycles. The second-order valence-corrected chi connectivity index (χ2v) is 7.63. The van der Waals surface area contributed by atoms with Gasteiger partial charge < -0.3 is 9.47 Å². The summed E-state index contributed by atoms with van der Waals surface area (Å²) in [6.45, 7) is 0. The number of fused-ring (bicyclic) bond motifs is 1. The fourth-order valence-corrected chi connectivity index (χ4v) is 4.22. The number of ether oxygens (including phenoxy) is 2. The molecule has 4 aromatic rings. The van der Waals surface area contributed by atoms with Gasteiger partial charge in [0.2, 0.25) is 0 Å². The van der Waals surface area contributed by atoms with Gasteiger partial charge in [0, 0.05) is 11.8 Å². The molecule has 0 bridgehead atoms. The molecule has 7 heteroatoms. The van der Waals surface area contributed by atoms with Crippen molar-refractivity contribution in [3.63, 3.8) is 0 Å². The molecule has 1 aromatic heterocycles. The lowest BCUT2D eigenvalue weighted by Gasteiger charge is -2.16. The molecule has 6 nitrogen and oxygen atoms in total. The molecule has 154 valence electrons. The monoisotopic (exact) mass is 429 g/mol. The second-order valence-electron chi connectivity index (χ2n) is 6.69. The van der Waals surface area contributed by atoms with Crippen LogP contribution in [0.4, 0.5) is 0 Å². The topological polar surface area (TPSA) is 77.1 Å². The molecule has 0 saturated heterocycles. The number of methoxy groups -OCH3 is 2. The normalized spacial score (nSPS) is 10.6. The average Bonchev–Trinajstić information content (AvgIpc) is 2.82. The minimum Gasteiger partial charge on any atom is -0.497 e. The molecule has 1 heterocycles. The Balaban J connectivity index is 1.86. The zero-order chi connectivity index (χ0) is 21.8. The van der Waals surface area contributed by atoms with Crippen molar-refractivity contribution in [2.75, 3.05) is 14.2 Å². The number of nitriles is 1. The van der Waals surface area contributed by atoms with Crippen LogP contribution in [0.3, 0.4) is 0 Å². The van der Waals surface area contributed by atoms with Crippen molar-refractivity contribution in [2.45, 2.75) is 10.9 Å². The summed E-state index contributed by atoms with van der Waals surface area (Å²) in [5.41, 5.74) is 2.60. The highest BCUT2D eigenvalue weighted by Gasteiger charge is 2.17. The highest BCUT2D eigenvalue weighted by atomic mass is 32.2. The van der Waals surface area contributed by atoms with Crippen LogP contribution in [-0.4, -0.2) is 23.8 Å². The van der Waals surface area contributed by atoms with Crippen molar-refractivity contribution in [1.82, 2.24) is 9.55 Å². The standard InChI is InChI=1S/C24H19N3O3S/c1-29-18-10-11-21(22(13-18)30-2)27-23(28)19-8-3-4-9-20(19)26-24(27)31-15-17-7-5-6-16(12-17)14-25/h3-13H,15H2,1-2H3. The lowest BCUT2D eigenvalue weighted by molar-refractivity contribution is 0.392. The number of nitrogens with zero attached hydrogens (tertiary/aromatic N) is 3. The molecule has 31 heavy (non-hydrogen) atoms. The molecule has 4 rings (SSSR count). The Morgan fingerprint density at radius 1 is 1.03 bits per heavy atom. The van der Waals surface area contributed by atoms with Crippen LogP contribution in [0.1, 0.15) is 11.1 Å². The summed E-state index contributed by atoms with van der Waals surface area (Å²) in [7, 11) is 3.13. The van der Waals surface area contributed by atoms with E-state index in [4.69, 9.17) is 19.7 Å². The van der Waals surface area contributed by atoms with E-state index < -0.39 is 0 Å². The number of hydrogen-bond acceptors (Lipinski definition) is 6. The van der Waals surface area contributed by atoms with Gasteiger partial charge in [-0.05, 0) is 42.0 Å². The van der Waals surface area contributed by atoms with E-state index >= 15 is 0 Å². The quantitative estimate of drug-likeness (QED) is 0.330. The van der Waals surface area contributed by atoms with Gasteiger partial charge in [0.15, 0.2) is 5.16 Å². The van der Waals surface area contributed by atoms with Gasteiger partial charge in [0.05, 0.1) is 42.4 Å². The van der Waals surface area contributed by atoms with E-state index in [0.717, 1.165) is 5.56 Å². The Labute approximate surface area is 183 Å². The molecule has 0 unspecified atom stereocenters. The fraction of sp³-hybridized carbons (Fsp3) is 0.125. The summed E-state index contributed by atoms with van der Waals surface area (Å²) in [6, 6.07) is 22.1. The molecule has 3 aromatic carbocycles. The molecular formula is C24H19N3O3S. The molecule has 0 amide bonds. The van der Waals surface area contributed by atoms with Crippen molar-refractivity contribution in [3.05, 3.63) is 88.2 Å². The maximum absolute atomic E-state index is 13.5. The summed E-state index contributed by atoms with van der Waals surface area (Å²) in [4.78, 5) is 18.2. The molecule has 0 spiro atoms. The number of hydrogen-bond donors (Lipinski definition) is 0. The molecular weight excluding hydrogens is 410 g/mol. The third kappa shape index (κ3) is 4.11. The lowest BCUT2D eigenvalue weighted by Crippen LogP contribution is -2.22. The van der Waals surface area contributed by atoms with Crippen molar-refractivity contribution in [2.24, 2.45) is 0 Å². The molecule has 0 aliphatic carbocycles. The van der Waals surface area contributed by atoms with Crippen molar-refractivity contribution >= 4 is 22.7 Å². The van der Waals surface area contributed by atoms with E-state index in [2.05, 4.69) is 6.07 Å². The van der Waals surface area contributed by atoms with E-state index in [0.29, 0.717) is 44.6 Å². The van der Waals surface area contributed by atoms with Crippen molar-refractivity contribution < 1.29 is 9.47 Å². The van der Waals surface area contributed by atoms with Crippen LogP contribution < -0.4 is 15.0 Å². The highest BCUT2D eigenvalue weighted by Crippen LogP contribution is 2.31. The van der Waals surface area contributed by atoms with Gasteiger partial charge in [0.1, 0.15) is 11.5 Å². The minimum absolute atomic E-state index is 0.178. The van der Waals surface area contributed by atoms with E-state index in [-0.39, 0.29) is 5.56 Å². The summed E-state index contributed by atoms with van der Waals surface area (Å²) in [6.07, 6.45) is 0. The minimum atomic E-state index is -0.178. The van der Waals surface area contributed by atoms with Crippen molar-refractivity contribution in [1.29, 1.82) is 5.26 Å². The molecule has 0 atom stereocenters. The van der Waals surface area contributed by atoms with Gasteiger partial charge in [-0.15, -0.1) is 0 Å². The zero-order valence-corrected chi connectivity index (χ0v) is 17.8. The van der Waals surface area contributed by atoms with E-state index in [1.165, 1.54) is 11.8 Å². The Bertz CT molecular complexity index is 1360. The molecule has 0 fully saturated rings.